The Balaban J connectivity index is 1.64. The highest BCUT2D eigenvalue weighted by Crippen LogP contribution is 2.42. The van der Waals surface area contributed by atoms with E-state index < -0.39 is 0 Å². The number of aryl methyl sites for hydroxylation is 4. The molecule has 0 fully saturated rings. The largest absolute Gasteiger partial charge is 0.308 e. The van der Waals surface area contributed by atoms with E-state index in [4.69, 9.17) is 0 Å². The minimum Gasteiger partial charge on any atom is -0.308 e. The fourth-order valence-electron chi connectivity index (χ4n) is 6.73. The standard InChI is InChI=1S/C30H31N/c1-2-5-10-20-16-17-26-24-14-9-15-25-27-18-21-11-6-4-7-12-22(21)19-28(27)31(30(24)25)29(26)23(20)13-8-3-1/h9,14-19H,1-8,10-13H2. The third kappa shape index (κ3) is 2.62. The third-order valence-electron chi connectivity index (χ3n) is 8.27. The van der Waals surface area contributed by atoms with Crippen molar-refractivity contribution in [1.29, 1.82) is 0 Å². The van der Waals surface area contributed by atoms with Crippen LogP contribution < -0.4 is 0 Å². The highest BCUT2D eigenvalue weighted by atomic mass is 14.9. The Labute approximate surface area is 184 Å². The molecule has 2 aromatic heterocycles. The van der Waals surface area contributed by atoms with Crippen LogP contribution in [0.2, 0.25) is 0 Å². The minimum atomic E-state index is 1.23. The van der Waals surface area contributed by atoms with Gasteiger partial charge in [0.15, 0.2) is 0 Å². The Kier molecular flexibility index (Phi) is 4.07. The van der Waals surface area contributed by atoms with E-state index in [-0.39, 0.29) is 0 Å². The van der Waals surface area contributed by atoms with Crippen LogP contribution in [0, 0.1) is 0 Å². The second kappa shape index (κ2) is 6.99. The fourth-order valence-corrected chi connectivity index (χ4v) is 6.73. The molecule has 0 saturated carbocycles. The average molecular weight is 406 g/mol. The monoisotopic (exact) mass is 405 g/mol. The van der Waals surface area contributed by atoms with Crippen molar-refractivity contribution >= 4 is 38.1 Å². The summed E-state index contributed by atoms with van der Waals surface area (Å²) in [6, 6.07) is 17.0. The molecule has 0 aliphatic heterocycles. The Bertz CT molecular complexity index is 1430. The number of hydrogen-bond donors (Lipinski definition) is 0. The molecule has 2 aliphatic rings. The zero-order valence-electron chi connectivity index (χ0n) is 18.5. The lowest BCUT2D eigenvalue weighted by Gasteiger charge is -2.12. The number of para-hydroxylation sites is 1. The minimum absolute atomic E-state index is 1.23. The topological polar surface area (TPSA) is 4.41 Å². The molecule has 0 radical (unpaired) electrons. The Hall–Kier alpha value is -2.54. The van der Waals surface area contributed by atoms with E-state index in [0.29, 0.717) is 0 Å². The molecule has 3 aromatic carbocycles. The van der Waals surface area contributed by atoms with Crippen molar-refractivity contribution in [2.75, 3.05) is 0 Å². The Morgan fingerprint density at radius 3 is 1.94 bits per heavy atom. The smallest absolute Gasteiger partial charge is 0.0620 e. The van der Waals surface area contributed by atoms with Gasteiger partial charge in [-0.2, -0.15) is 0 Å². The fraction of sp³-hybridized carbons (Fsp3) is 0.400. The van der Waals surface area contributed by atoms with E-state index in [2.05, 4.69) is 46.9 Å². The Morgan fingerprint density at radius 1 is 0.484 bits per heavy atom. The summed E-state index contributed by atoms with van der Waals surface area (Å²) in [6.45, 7) is 0. The molecule has 5 aromatic rings. The molecular weight excluding hydrogens is 374 g/mol. The number of rotatable bonds is 0. The quantitative estimate of drug-likeness (QED) is 0.229. The van der Waals surface area contributed by atoms with Gasteiger partial charge in [0.1, 0.15) is 0 Å². The van der Waals surface area contributed by atoms with Crippen LogP contribution in [-0.4, -0.2) is 4.40 Å². The molecule has 0 amide bonds. The number of fused-ring (bicyclic) bond motifs is 9. The van der Waals surface area contributed by atoms with Crippen molar-refractivity contribution in [3.8, 4) is 0 Å². The number of benzene rings is 3. The first-order valence-corrected chi connectivity index (χ1v) is 12.6. The summed E-state index contributed by atoms with van der Waals surface area (Å²) in [4.78, 5) is 0. The summed E-state index contributed by atoms with van der Waals surface area (Å²) < 4.78 is 2.68. The van der Waals surface area contributed by atoms with Gasteiger partial charge in [0.25, 0.3) is 0 Å². The first kappa shape index (κ1) is 18.1. The molecule has 0 saturated heterocycles. The summed E-state index contributed by atoms with van der Waals surface area (Å²) in [5.41, 5.74) is 10.9. The van der Waals surface area contributed by atoms with Crippen LogP contribution in [0.5, 0.6) is 0 Å². The van der Waals surface area contributed by atoms with Gasteiger partial charge in [0.2, 0.25) is 0 Å². The molecule has 156 valence electrons. The van der Waals surface area contributed by atoms with Crippen LogP contribution in [0.4, 0.5) is 0 Å². The highest BCUT2D eigenvalue weighted by molar-refractivity contribution is 6.23. The van der Waals surface area contributed by atoms with Gasteiger partial charge in [-0.3, -0.25) is 0 Å². The first-order valence-electron chi connectivity index (χ1n) is 12.6. The van der Waals surface area contributed by atoms with Gasteiger partial charge >= 0.3 is 0 Å². The molecule has 2 heterocycles. The second-order valence-electron chi connectivity index (χ2n) is 10.1. The predicted molar refractivity (Wildman–Crippen MR) is 133 cm³/mol. The van der Waals surface area contributed by atoms with Gasteiger partial charge in [0.05, 0.1) is 16.6 Å². The summed E-state index contributed by atoms with van der Waals surface area (Å²) >= 11 is 0. The lowest BCUT2D eigenvalue weighted by molar-refractivity contribution is 0.629. The van der Waals surface area contributed by atoms with Crippen molar-refractivity contribution < 1.29 is 0 Å². The SMILES string of the molecule is c1cc2c3cc4c(cc3n3c5c6c(ccc5c(c1)c23)CCCCCCC6)CCCCC4. The first-order chi connectivity index (χ1) is 15.4. The maximum Gasteiger partial charge on any atom is 0.0620 e. The molecule has 0 N–H and O–H groups in total. The van der Waals surface area contributed by atoms with Crippen LogP contribution in [0.15, 0.2) is 42.5 Å². The molecule has 0 atom stereocenters. The number of hydrogen-bond acceptors (Lipinski definition) is 0. The van der Waals surface area contributed by atoms with Gasteiger partial charge in [-0.05, 0) is 85.8 Å². The van der Waals surface area contributed by atoms with Crippen LogP contribution in [0.25, 0.3) is 38.1 Å². The van der Waals surface area contributed by atoms with Crippen molar-refractivity contribution in [2.45, 2.75) is 77.0 Å². The van der Waals surface area contributed by atoms with Crippen molar-refractivity contribution in [2.24, 2.45) is 0 Å². The molecule has 7 rings (SSSR count). The van der Waals surface area contributed by atoms with E-state index in [0.717, 1.165) is 0 Å². The molecule has 0 spiro atoms. The predicted octanol–water partition coefficient (Wildman–Crippen LogP) is 8.15. The van der Waals surface area contributed by atoms with Gasteiger partial charge in [-0.1, -0.05) is 56.0 Å². The molecule has 0 unspecified atom stereocenters. The van der Waals surface area contributed by atoms with Gasteiger partial charge < -0.3 is 4.40 Å². The van der Waals surface area contributed by atoms with E-state index in [1.165, 1.54) is 115 Å². The van der Waals surface area contributed by atoms with E-state index in [1.807, 2.05) is 0 Å². The second-order valence-corrected chi connectivity index (χ2v) is 10.1. The van der Waals surface area contributed by atoms with Gasteiger partial charge in [-0.25, -0.2) is 0 Å². The van der Waals surface area contributed by atoms with Crippen LogP contribution >= 0.6 is 0 Å². The van der Waals surface area contributed by atoms with Crippen LogP contribution in [-0.2, 0) is 25.7 Å². The highest BCUT2D eigenvalue weighted by Gasteiger charge is 2.22. The van der Waals surface area contributed by atoms with E-state index >= 15 is 0 Å². The molecular formula is C30H31N. The summed E-state index contributed by atoms with van der Waals surface area (Å²) in [5.74, 6) is 0. The average Bonchev–Trinajstić information content (AvgIpc) is 3.23. The summed E-state index contributed by atoms with van der Waals surface area (Å²) in [7, 11) is 0. The number of aromatic nitrogens is 1. The zero-order chi connectivity index (χ0) is 20.4. The van der Waals surface area contributed by atoms with Gasteiger partial charge in [-0.15, -0.1) is 0 Å². The van der Waals surface area contributed by atoms with Crippen LogP contribution in [0.3, 0.4) is 0 Å². The van der Waals surface area contributed by atoms with E-state index in [9.17, 15) is 0 Å². The molecule has 2 aliphatic carbocycles. The Morgan fingerprint density at radius 2 is 1.10 bits per heavy atom. The normalized spacial score (nSPS) is 18.1. The molecule has 31 heavy (non-hydrogen) atoms. The lowest BCUT2D eigenvalue weighted by Crippen LogP contribution is -1.98. The van der Waals surface area contributed by atoms with Crippen molar-refractivity contribution in [1.82, 2.24) is 4.40 Å². The van der Waals surface area contributed by atoms with Gasteiger partial charge in [0, 0.05) is 21.5 Å². The third-order valence-corrected chi connectivity index (χ3v) is 8.27. The molecule has 1 nitrogen and oxygen atoms in total. The van der Waals surface area contributed by atoms with Crippen LogP contribution in [0.1, 0.15) is 73.6 Å². The summed E-state index contributed by atoms with van der Waals surface area (Å²) in [5, 5.41) is 5.84. The molecule has 1 heteroatoms. The summed E-state index contributed by atoms with van der Waals surface area (Å²) in [6.07, 6.45) is 15.9. The van der Waals surface area contributed by atoms with Crippen molar-refractivity contribution in [3.05, 3.63) is 64.7 Å². The lowest BCUT2D eigenvalue weighted by atomic mass is 9.95. The van der Waals surface area contributed by atoms with E-state index in [1.54, 1.807) is 22.3 Å². The maximum atomic E-state index is 2.68. The number of nitrogens with zero attached hydrogens (tertiary/aromatic N) is 1. The molecule has 0 bridgehead atoms. The zero-order valence-corrected chi connectivity index (χ0v) is 18.5. The van der Waals surface area contributed by atoms with Crippen molar-refractivity contribution in [3.63, 3.8) is 0 Å². The maximum absolute atomic E-state index is 2.68.